The fourth-order valence-corrected chi connectivity index (χ4v) is 5.78. The lowest BCUT2D eigenvalue weighted by molar-refractivity contribution is -0.121. The summed E-state index contributed by atoms with van der Waals surface area (Å²) in [5.74, 6) is -0.636. The van der Waals surface area contributed by atoms with E-state index >= 15 is 0 Å². The average Bonchev–Trinajstić information content (AvgIpc) is 3.22. The Labute approximate surface area is 181 Å². The summed E-state index contributed by atoms with van der Waals surface area (Å²) in [5.41, 5.74) is 1.54. The van der Waals surface area contributed by atoms with Gasteiger partial charge in [0.15, 0.2) is 0 Å². The smallest absolute Gasteiger partial charge is 0.258 e. The molecule has 0 saturated carbocycles. The van der Waals surface area contributed by atoms with Gasteiger partial charge >= 0.3 is 0 Å². The van der Waals surface area contributed by atoms with Crippen molar-refractivity contribution in [2.45, 2.75) is 44.8 Å². The van der Waals surface area contributed by atoms with Crippen molar-refractivity contribution in [3.05, 3.63) is 72.3 Å². The number of hydrogen-bond acceptors (Lipinski definition) is 3. The molecule has 3 amide bonds. The quantitative estimate of drug-likeness (QED) is 0.761. The minimum atomic E-state index is -0.695. The van der Waals surface area contributed by atoms with Crippen LogP contribution in [0, 0.1) is 5.41 Å². The lowest BCUT2D eigenvalue weighted by Gasteiger charge is -2.45. The maximum Gasteiger partial charge on any atom is 0.258 e. The van der Waals surface area contributed by atoms with E-state index in [0.717, 1.165) is 11.3 Å². The zero-order valence-electron chi connectivity index (χ0n) is 17.9. The third kappa shape index (κ3) is 2.30. The summed E-state index contributed by atoms with van der Waals surface area (Å²) in [7, 11) is 0. The molecule has 3 heterocycles. The van der Waals surface area contributed by atoms with Gasteiger partial charge in [-0.15, -0.1) is 6.58 Å². The monoisotopic (exact) mass is 415 g/mol. The molecule has 6 nitrogen and oxygen atoms in total. The van der Waals surface area contributed by atoms with Gasteiger partial charge in [0.1, 0.15) is 12.2 Å². The summed E-state index contributed by atoms with van der Waals surface area (Å²) >= 11 is 0. The van der Waals surface area contributed by atoms with Gasteiger partial charge < -0.3 is 10.2 Å². The normalized spacial score (nSPS) is 26.4. The van der Waals surface area contributed by atoms with Gasteiger partial charge in [0.2, 0.25) is 11.8 Å². The number of fused-ring (bicyclic) bond motifs is 6. The summed E-state index contributed by atoms with van der Waals surface area (Å²) < 4.78 is 0. The Kier molecular flexibility index (Phi) is 3.97. The first-order chi connectivity index (χ1) is 14.7. The van der Waals surface area contributed by atoms with E-state index in [-0.39, 0.29) is 17.7 Å². The van der Waals surface area contributed by atoms with Crippen molar-refractivity contribution >= 4 is 29.1 Å². The van der Waals surface area contributed by atoms with Crippen LogP contribution in [0.3, 0.4) is 0 Å². The predicted octanol–water partition coefficient (Wildman–Crippen LogP) is 3.70. The van der Waals surface area contributed by atoms with Crippen LogP contribution in [0.1, 0.15) is 43.1 Å². The molecule has 0 spiro atoms. The molecule has 3 aliphatic heterocycles. The van der Waals surface area contributed by atoms with Gasteiger partial charge in [-0.2, -0.15) is 0 Å². The molecule has 6 heteroatoms. The molecule has 31 heavy (non-hydrogen) atoms. The largest absolute Gasteiger partial charge is 0.324 e. The Morgan fingerprint density at radius 2 is 1.84 bits per heavy atom. The number of para-hydroxylation sites is 2. The maximum atomic E-state index is 13.9. The first-order valence-corrected chi connectivity index (χ1v) is 10.5. The van der Waals surface area contributed by atoms with Gasteiger partial charge in [0, 0.05) is 18.0 Å². The van der Waals surface area contributed by atoms with Gasteiger partial charge in [-0.05, 0) is 35.6 Å². The van der Waals surface area contributed by atoms with E-state index in [1.54, 1.807) is 34.1 Å². The van der Waals surface area contributed by atoms with Crippen LogP contribution in [0.25, 0.3) is 0 Å². The highest BCUT2D eigenvalue weighted by molar-refractivity contribution is 6.11. The Morgan fingerprint density at radius 1 is 1.16 bits per heavy atom. The van der Waals surface area contributed by atoms with Crippen LogP contribution in [0.2, 0.25) is 0 Å². The Balaban J connectivity index is 1.82. The molecule has 0 aliphatic carbocycles. The minimum Gasteiger partial charge on any atom is -0.324 e. The summed E-state index contributed by atoms with van der Waals surface area (Å²) in [6, 6.07) is 14.1. The molecular formula is C25H25N3O3. The molecule has 5 rings (SSSR count). The van der Waals surface area contributed by atoms with E-state index in [9.17, 15) is 14.4 Å². The Hall–Kier alpha value is -3.41. The van der Waals surface area contributed by atoms with Crippen molar-refractivity contribution < 1.29 is 14.4 Å². The molecule has 0 radical (unpaired) electrons. The van der Waals surface area contributed by atoms with E-state index in [1.165, 1.54) is 6.92 Å². The van der Waals surface area contributed by atoms with Crippen molar-refractivity contribution in [1.29, 1.82) is 0 Å². The molecule has 2 aromatic rings. The first-order valence-electron chi connectivity index (χ1n) is 10.5. The molecule has 1 N–H and O–H groups in total. The predicted molar refractivity (Wildman–Crippen MR) is 119 cm³/mol. The molecule has 158 valence electrons. The number of carbonyl (C=O) groups excluding carboxylic acids is 3. The number of rotatable bonds is 2. The summed E-state index contributed by atoms with van der Waals surface area (Å²) in [4.78, 5) is 43.5. The van der Waals surface area contributed by atoms with E-state index in [1.807, 2.05) is 30.3 Å². The number of benzene rings is 2. The van der Waals surface area contributed by atoms with E-state index < -0.39 is 23.0 Å². The van der Waals surface area contributed by atoms with E-state index in [0.29, 0.717) is 17.7 Å². The van der Waals surface area contributed by atoms with Crippen LogP contribution in [0.15, 0.2) is 61.2 Å². The number of nitrogens with zero attached hydrogens (tertiary/aromatic N) is 2. The SMILES string of the molecule is C=CC(C)(C)[C@@]12C[C@@H]3C(=O)Nc4ccccc4C(=O)N3[C@H]1N(C(C)=O)c1ccccc12. The number of nitrogens with one attached hydrogen (secondary N) is 1. The van der Waals surface area contributed by atoms with Crippen LogP contribution in [0.5, 0.6) is 0 Å². The summed E-state index contributed by atoms with van der Waals surface area (Å²) in [6.07, 6.45) is 1.66. The topological polar surface area (TPSA) is 69.7 Å². The Morgan fingerprint density at radius 3 is 2.55 bits per heavy atom. The number of anilines is 2. The third-order valence-electron chi connectivity index (χ3n) is 7.40. The summed E-state index contributed by atoms with van der Waals surface area (Å²) in [5, 5.41) is 2.94. The standard InChI is InChI=1S/C25H25N3O3/c1-5-24(3,4)25-14-20-21(30)26-18-12-8-6-10-16(18)22(31)28(20)23(25)27(15(2)29)19-13-9-7-11-17(19)25/h5-13,20,23H,1,14H2,2-4H3,(H,26,30)/t20-,23-,25-/m1/s1. The van der Waals surface area contributed by atoms with Crippen LogP contribution in [-0.4, -0.2) is 34.8 Å². The second-order valence-electron chi connectivity index (χ2n) is 9.14. The highest BCUT2D eigenvalue weighted by atomic mass is 16.2. The molecule has 2 aromatic carbocycles. The molecule has 0 bridgehead atoms. The second kappa shape index (κ2) is 6.30. The van der Waals surface area contributed by atoms with Crippen LogP contribution < -0.4 is 10.2 Å². The molecule has 3 atom stereocenters. The van der Waals surface area contributed by atoms with Crippen molar-refractivity contribution in [2.24, 2.45) is 5.41 Å². The Bertz CT molecular complexity index is 1150. The van der Waals surface area contributed by atoms with Gasteiger partial charge in [-0.3, -0.25) is 19.3 Å². The van der Waals surface area contributed by atoms with Crippen molar-refractivity contribution in [1.82, 2.24) is 4.90 Å². The van der Waals surface area contributed by atoms with Crippen molar-refractivity contribution in [3.63, 3.8) is 0 Å². The van der Waals surface area contributed by atoms with Crippen molar-refractivity contribution in [2.75, 3.05) is 10.2 Å². The van der Waals surface area contributed by atoms with Crippen LogP contribution >= 0.6 is 0 Å². The molecule has 0 unspecified atom stereocenters. The lowest BCUT2D eigenvalue weighted by Crippen LogP contribution is -2.58. The van der Waals surface area contributed by atoms with Gasteiger partial charge in [-0.25, -0.2) is 0 Å². The van der Waals surface area contributed by atoms with E-state index in [2.05, 4.69) is 25.7 Å². The van der Waals surface area contributed by atoms with Gasteiger partial charge in [0.25, 0.3) is 5.91 Å². The number of hydrogen-bond donors (Lipinski definition) is 1. The number of allylic oxidation sites excluding steroid dienone is 1. The molecule has 1 saturated heterocycles. The minimum absolute atomic E-state index is 0.162. The average molecular weight is 415 g/mol. The van der Waals surface area contributed by atoms with Crippen LogP contribution in [-0.2, 0) is 15.0 Å². The van der Waals surface area contributed by atoms with Gasteiger partial charge in [-0.1, -0.05) is 50.3 Å². The fourth-order valence-electron chi connectivity index (χ4n) is 5.78. The van der Waals surface area contributed by atoms with Crippen LogP contribution in [0.4, 0.5) is 11.4 Å². The number of carbonyl (C=O) groups is 3. The molecular weight excluding hydrogens is 390 g/mol. The summed E-state index contributed by atoms with van der Waals surface area (Å²) in [6.45, 7) is 9.72. The zero-order valence-corrected chi connectivity index (χ0v) is 17.9. The first kappa shape index (κ1) is 19.5. The molecule has 0 aromatic heterocycles. The molecule has 3 aliphatic rings. The fraction of sp³-hybridized carbons (Fsp3) is 0.320. The second-order valence-corrected chi connectivity index (χ2v) is 9.14. The van der Waals surface area contributed by atoms with Crippen molar-refractivity contribution in [3.8, 4) is 0 Å². The van der Waals surface area contributed by atoms with E-state index in [4.69, 9.17) is 0 Å². The van der Waals surface area contributed by atoms with Gasteiger partial charge in [0.05, 0.1) is 11.3 Å². The highest BCUT2D eigenvalue weighted by Crippen LogP contribution is 2.62. The lowest BCUT2D eigenvalue weighted by atomic mass is 9.60. The molecule has 1 fully saturated rings. The third-order valence-corrected chi connectivity index (χ3v) is 7.40. The zero-order chi connectivity index (χ0) is 22.1. The number of amides is 3. The highest BCUT2D eigenvalue weighted by Gasteiger charge is 2.69. The maximum absolute atomic E-state index is 13.9.